The first kappa shape index (κ1) is 17.7. The molecule has 0 N–H and O–H groups in total. The lowest BCUT2D eigenvalue weighted by Gasteiger charge is -2.07. The molecule has 0 saturated heterocycles. The normalized spacial score (nSPS) is 11.9. The van der Waals surface area contributed by atoms with Crippen LogP contribution >= 0.6 is 22.9 Å². The number of halogens is 4. The summed E-state index contributed by atoms with van der Waals surface area (Å²) in [7, 11) is 0. The topological polar surface area (TPSA) is 52.3 Å². The lowest BCUT2D eigenvalue weighted by molar-refractivity contribution is -0.146. The molecule has 0 amide bonds. The molecule has 0 unspecified atom stereocenters. The van der Waals surface area contributed by atoms with Crippen molar-refractivity contribution in [2.24, 2.45) is 0 Å². The zero-order valence-electron chi connectivity index (χ0n) is 13.4. The van der Waals surface area contributed by atoms with Gasteiger partial charge in [-0.3, -0.25) is 0 Å². The smallest absolute Gasteiger partial charge is 0.453 e. The van der Waals surface area contributed by atoms with Crippen LogP contribution < -0.4 is 4.74 Å². The molecule has 5 nitrogen and oxygen atoms in total. The van der Waals surface area contributed by atoms with Crippen LogP contribution in [-0.2, 0) is 12.8 Å². The fourth-order valence-corrected chi connectivity index (χ4v) is 3.32. The Hall–Kier alpha value is -2.65. The SMILES string of the molecule is FC(F)(F)c1nnc2sc(-c3ccc(OCc4ccc(Cl)cc4)cc3)nn12. The highest BCUT2D eigenvalue weighted by Crippen LogP contribution is 2.32. The number of nitrogens with zero attached hydrogens (tertiary/aromatic N) is 4. The molecule has 4 rings (SSSR count). The Bertz CT molecular complexity index is 1070. The summed E-state index contributed by atoms with van der Waals surface area (Å²) >= 11 is 6.87. The number of hydrogen-bond acceptors (Lipinski definition) is 5. The third kappa shape index (κ3) is 3.74. The van der Waals surface area contributed by atoms with Crippen molar-refractivity contribution in [2.45, 2.75) is 12.8 Å². The average Bonchev–Trinajstić information content (AvgIpc) is 3.21. The van der Waals surface area contributed by atoms with Gasteiger partial charge in [0.15, 0.2) is 0 Å². The zero-order valence-corrected chi connectivity index (χ0v) is 15.0. The molecule has 2 aromatic carbocycles. The molecule has 0 aliphatic heterocycles. The number of ether oxygens (including phenoxy) is 1. The Morgan fingerprint density at radius 2 is 1.70 bits per heavy atom. The Kier molecular flexibility index (Phi) is 4.48. The lowest BCUT2D eigenvalue weighted by Crippen LogP contribution is -2.11. The number of benzene rings is 2. The molecule has 0 radical (unpaired) electrons. The number of fused-ring (bicyclic) bond motifs is 1. The summed E-state index contributed by atoms with van der Waals surface area (Å²) < 4.78 is 45.0. The molecule has 4 aromatic rings. The van der Waals surface area contributed by atoms with Crippen molar-refractivity contribution in [3.05, 3.63) is 64.9 Å². The van der Waals surface area contributed by atoms with Crippen LogP contribution in [0.2, 0.25) is 5.02 Å². The van der Waals surface area contributed by atoms with E-state index < -0.39 is 12.0 Å². The van der Waals surface area contributed by atoms with Gasteiger partial charge in [-0.25, -0.2) is 0 Å². The van der Waals surface area contributed by atoms with E-state index in [1.165, 1.54) is 0 Å². The summed E-state index contributed by atoms with van der Waals surface area (Å²) in [5.74, 6) is -0.504. The van der Waals surface area contributed by atoms with Crippen molar-refractivity contribution >= 4 is 27.9 Å². The van der Waals surface area contributed by atoms with Gasteiger partial charge in [-0.05, 0) is 42.0 Å². The van der Waals surface area contributed by atoms with E-state index in [0.29, 0.717) is 32.5 Å². The summed E-state index contributed by atoms with van der Waals surface area (Å²) in [6.45, 7) is 0.377. The van der Waals surface area contributed by atoms with Crippen molar-refractivity contribution in [2.75, 3.05) is 0 Å². The summed E-state index contributed by atoms with van der Waals surface area (Å²) in [6.07, 6.45) is -4.61. The molecule has 27 heavy (non-hydrogen) atoms. The first-order valence-corrected chi connectivity index (χ1v) is 8.87. The highest BCUT2D eigenvalue weighted by Gasteiger charge is 2.38. The average molecular weight is 411 g/mol. The highest BCUT2D eigenvalue weighted by molar-refractivity contribution is 7.19. The van der Waals surface area contributed by atoms with Crippen LogP contribution in [0.4, 0.5) is 13.2 Å². The molecule has 2 aromatic heterocycles. The molecule has 138 valence electrons. The lowest BCUT2D eigenvalue weighted by atomic mass is 10.2. The summed E-state index contributed by atoms with van der Waals surface area (Å²) in [5.41, 5.74) is 1.63. The van der Waals surface area contributed by atoms with E-state index in [9.17, 15) is 13.2 Å². The van der Waals surface area contributed by atoms with Gasteiger partial charge in [0.05, 0.1) is 0 Å². The van der Waals surface area contributed by atoms with Crippen molar-refractivity contribution in [1.82, 2.24) is 19.8 Å². The van der Waals surface area contributed by atoms with Gasteiger partial charge in [0.1, 0.15) is 17.4 Å². The van der Waals surface area contributed by atoms with E-state index >= 15 is 0 Å². The van der Waals surface area contributed by atoms with Gasteiger partial charge in [-0.2, -0.15) is 22.8 Å². The van der Waals surface area contributed by atoms with Crippen LogP contribution in [0.1, 0.15) is 11.4 Å². The molecule has 0 spiro atoms. The molecule has 10 heteroatoms. The number of rotatable bonds is 4. The van der Waals surface area contributed by atoms with Crippen LogP contribution in [0.25, 0.3) is 15.5 Å². The highest BCUT2D eigenvalue weighted by atomic mass is 35.5. The molecule has 0 aliphatic rings. The number of aromatic nitrogens is 4. The third-order valence-corrected chi connectivity index (χ3v) is 4.86. The molecule has 0 fully saturated rings. The van der Waals surface area contributed by atoms with Crippen LogP contribution in [-0.4, -0.2) is 19.8 Å². The minimum Gasteiger partial charge on any atom is -0.489 e. The summed E-state index contributed by atoms with van der Waals surface area (Å²) in [6, 6.07) is 14.2. The van der Waals surface area contributed by atoms with Crippen LogP contribution in [0.3, 0.4) is 0 Å². The van der Waals surface area contributed by atoms with E-state index in [1.54, 1.807) is 36.4 Å². The number of hydrogen-bond donors (Lipinski definition) is 0. The van der Waals surface area contributed by atoms with Gasteiger partial charge in [-0.15, -0.1) is 10.2 Å². The third-order valence-electron chi connectivity index (χ3n) is 3.66. The molecular formula is C17H10ClF3N4OS. The van der Waals surface area contributed by atoms with Gasteiger partial charge in [0, 0.05) is 10.6 Å². The van der Waals surface area contributed by atoms with Crippen LogP contribution in [0.5, 0.6) is 5.75 Å². The van der Waals surface area contributed by atoms with Gasteiger partial charge in [-0.1, -0.05) is 35.1 Å². The molecule has 0 saturated carbocycles. The standard InChI is InChI=1S/C17H10ClF3N4OS/c18-12-5-1-10(2-6-12)9-26-13-7-3-11(4-8-13)14-24-25-15(17(19,20)21)22-23-16(25)27-14/h1-8H,9H2. The second kappa shape index (κ2) is 6.82. The van der Waals surface area contributed by atoms with Crippen molar-refractivity contribution in [3.63, 3.8) is 0 Å². The molecular weight excluding hydrogens is 401 g/mol. The Labute approximate surface area is 160 Å². The van der Waals surface area contributed by atoms with Gasteiger partial charge in [0.2, 0.25) is 4.96 Å². The minimum atomic E-state index is -4.61. The van der Waals surface area contributed by atoms with Gasteiger partial charge in [0.25, 0.3) is 5.82 Å². The summed E-state index contributed by atoms with van der Waals surface area (Å²) in [5, 5.41) is 11.7. The molecule has 0 aliphatic carbocycles. The fraction of sp³-hybridized carbons (Fsp3) is 0.118. The van der Waals surface area contributed by atoms with Gasteiger partial charge >= 0.3 is 6.18 Å². The van der Waals surface area contributed by atoms with E-state index in [4.69, 9.17) is 16.3 Å². The number of alkyl halides is 3. The molecule has 2 heterocycles. The van der Waals surface area contributed by atoms with Crippen LogP contribution in [0.15, 0.2) is 48.5 Å². The Balaban J connectivity index is 1.51. The van der Waals surface area contributed by atoms with E-state index in [-0.39, 0.29) is 4.96 Å². The first-order chi connectivity index (χ1) is 12.9. The minimum absolute atomic E-state index is 0.0837. The maximum absolute atomic E-state index is 12.9. The van der Waals surface area contributed by atoms with Crippen LogP contribution in [0, 0.1) is 0 Å². The van der Waals surface area contributed by atoms with Crippen molar-refractivity contribution in [3.8, 4) is 16.3 Å². The second-order valence-electron chi connectivity index (χ2n) is 5.56. The zero-order chi connectivity index (χ0) is 19.0. The maximum atomic E-state index is 12.9. The Morgan fingerprint density at radius 3 is 2.37 bits per heavy atom. The van der Waals surface area contributed by atoms with E-state index in [1.807, 2.05) is 12.1 Å². The van der Waals surface area contributed by atoms with E-state index in [2.05, 4.69) is 15.3 Å². The molecule has 0 bridgehead atoms. The Morgan fingerprint density at radius 1 is 1.00 bits per heavy atom. The predicted octanol–water partition coefficient (Wildman–Crippen LogP) is 5.10. The predicted molar refractivity (Wildman–Crippen MR) is 94.9 cm³/mol. The van der Waals surface area contributed by atoms with E-state index in [0.717, 1.165) is 16.9 Å². The van der Waals surface area contributed by atoms with Gasteiger partial charge < -0.3 is 4.74 Å². The monoisotopic (exact) mass is 410 g/mol. The largest absolute Gasteiger partial charge is 0.489 e. The first-order valence-electron chi connectivity index (χ1n) is 7.67. The summed E-state index contributed by atoms with van der Waals surface area (Å²) in [4.78, 5) is 0.0837. The fourth-order valence-electron chi connectivity index (χ4n) is 2.35. The quantitative estimate of drug-likeness (QED) is 0.469. The second-order valence-corrected chi connectivity index (χ2v) is 6.95. The maximum Gasteiger partial charge on any atom is 0.453 e. The van der Waals surface area contributed by atoms with Crippen molar-refractivity contribution in [1.29, 1.82) is 0 Å². The molecule has 0 atom stereocenters. The van der Waals surface area contributed by atoms with Crippen molar-refractivity contribution < 1.29 is 17.9 Å².